The molecule has 0 aliphatic carbocycles. The Morgan fingerprint density at radius 2 is 2.35 bits per heavy atom. The number of aromatic nitrogens is 2. The predicted octanol–water partition coefficient (Wildman–Crippen LogP) is 2.34. The summed E-state index contributed by atoms with van der Waals surface area (Å²) in [5.41, 5.74) is 4.71. The number of likely N-dealkylation sites (tertiary alicyclic amines) is 1. The molecule has 1 unspecified atom stereocenters. The van der Waals surface area contributed by atoms with Crippen molar-refractivity contribution in [1.82, 2.24) is 15.1 Å². The van der Waals surface area contributed by atoms with E-state index in [0.29, 0.717) is 0 Å². The maximum Gasteiger partial charge on any atom is 0.0695 e. The van der Waals surface area contributed by atoms with Crippen LogP contribution in [0, 0.1) is 6.92 Å². The molecule has 1 aromatic carbocycles. The number of hydrogen-bond donors (Lipinski definition) is 2. The maximum absolute atomic E-state index is 9.77. The Balaban J connectivity index is 1.80. The molecule has 1 aliphatic heterocycles. The molecule has 0 spiro atoms. The molecule has 0 saturated carbocycles. The topological polar surface area (TPSA) is 52.2 Å². The van der Waals surface area contributed by atoms with Crippen molar-refractivity contribution in [3.05, 3.63) is 41.6 Å². The van der Waals surface area contributed by atoms with Crippen molar-refractivity contribution in [3.63, 3.8) is 0 Å². The summed E-state index contributed by atoms with van der Waals surface area (Å²) in [6.45, 7) is 4.76. The Bertz CT molecular complexity index is 579. The summed E-state index contributed by atoms with van der Waals surface area (Å²) in [6.07, 6.45) is 3.71. The molecule has 0 radical (unpaired) electrons. The van der Waals surface area contributed by atoms with E-state index < -0.39 is 0 Å². The van der Waals surface area contributed by atoms with Crippen molar-refractivity contribution < 1.29 is 5.11 Å². The second-order valence-corrected chi connectivity index (χ2v) is 5.67. The maximum atomic E-state index is 9.77. The highest BCUT2D eigenvalue weighted by Gasteiger charge is 2.19. The average molecular weight is 271 g/mol. The third kappa shape index (κ3) is 2.92. The largest absolute Gasteiger partial charge is 0.392 e. The van der Waals surface area contributed by atoms with Gasteiger partial charge in [-0.2, -0.15) is 5.10 Å². The molecule has 3 rings (SSSR count). The van der Waals surface area contributed by atoms with E-state index in [1.165, 1.54) is 16.7 Å². The number of nitrogens with zero attached hydrogens (tertiary/aromatic N) is 2. The van der Waals surface area contributed by atoms with Gasteiger partial charge in [0.05, 0.1) is 18.0 Å². The van der Waals surface area contributed by atoms with Crippen molar-refractivity contribution in [2.24, 2.45) is 0 Å². The van der Waals surface area contributed by atoms with E-state index in [1.54, 1.807) is 0 Å². The number of β-amino-alcohol motifs (C(OH)–C–C–N with tert-alkyl or cyclic N) is 1. The van der Waals surface area contributed by atoms with Crippen LogP contribution in [0.2, 0.25) is 0 Å². The number of benzene rings is 1. The van der Waals surface area contributed by atoms with Gasteiger partial charge in [0.2, 0.25) is 0 Å². The average Bonchev–Trinajstić information content (AvgIpc) is 2.87. The Morgan fingerprint density at radius 1 is 1.45 bits per heavy atom. The lowest BCUT2D eigenvalue weighted by atomic mass is 10.0. The van der Waals surface area contributed by atoms with Gasteiger partial charge in [0.25, 0.3) is 0 Å². The molecule has 20 heavy (non-hydrogen) atoms. The number of H-pyrrole nitrogens is 1. The normalized spacial score (nSPS) is 20.2. The fourth-order valence-electron chi connectivity index (χ4n) is 2.90. The Hall–Kier alpha value is -1.65. The van der Waals surface area contributed by atoms with Crippen LogP contribution in [0.15, 0.2) is 30.5 Å². The summed E-state index contributed by atoms with van der Waals surface area (Å²) >= 11 is 0. The highest BCUT2D eigenvalue weighted by molar-refractivity contribution is 5.63. The lowest BCUT2D eigenvalue weighted by molar-refractivity contribution is 0.0669. The van der Waals surface area contributed by atoms with Crippen LogP contribution in [0.25, 0.3) is 11.3 Å². The third-order valence-electron chi connectivity index (χ3n) is 3.90. The molecule has 1 aromatic heterocycles. The van der Waals surface area contributed by atoms with E-state index in [-0.39, 0.29) is 6.10 Å². The number of nitrogens with one attached hydrogen (secondary N) is 1. The van der Waals surface area contributed by atoms with Crippen molar-refractivity contribution in [2.75, 3.05) is 13.1 Å². The summed E-state index contributed by atoms with van der Waals surface area (Å²) in [5.74, 6) is 0. The van der Waals surface area contributed by atoms with Crippen LogP contribution >= 0.6 is 0 Å². The molecule has 4 heteroatoms. The first kappa shape index (κ1) is 13.3. The monoisotopic (exact) mass is 271 g/mol. The summed E-state index contributed by atoms with van der Waals surface area (Å²) in [6, 6.07) is 8.44. The second kappa shape index (κ2) is 5.77. The second-order valence-electron chi connectivity index (χ2n) is 5.67. The number of hydrogen-bond acceptors (Lipinski definition) is 3. The van der Waals surface area contributed by atoms with Gasteiger partial charge in [0, 0.05) is 24.2 Å². The first-order valence-electron chi connectivity index (χ1n) is 7.22. The van der Waals surface area contributed by atoms with Crippen LogP contribution in [-0.2, 0) is 6.54 Å². The molecule has 1 fully saturated rings. The number of aliphatic hydroxyl groups is 1. The van der Waals surface area contributed by atoms with Gasteiger partial charge in [0.1, 0.15) is 0 Å². The van der Waals surface area contributed by atoms with Crippen molar-refractivity contribution in [2.45, 2.75) is 32.4 Å². The lowest BCUT2D eigenvalue weighted by Gasteiger charge is -2.29. The van der Waals surface area contributed by atoms with Gasteiger partial charge in [-0.25, -0.2) is 0 Å². The third-order valence-corrected chi connectivity index (χ3v) is 3.90. The summed E-state index contributed by atoms with van der Waals surface area (Å²) < 4.78 is 0. The van der Waals surface area contributed by atoms with Crippen LogP contribution in [0.3, 0.4) is 0 Å². The molecule has 2 aromatic rings. The van der Waals surface area contributed by atoms with Gasteiger partial charge in [0.15, 0.2) is 0 Å². The van der Waals surface area contributed by atoms with Crippen LogP contribution in [0.4, 0.5) is 0 Å². The first-order chi connectivity index (χ1) is 9.72. The molecule has 4 nitrogen and oxygen atoms in total. The highest BCUT2D eigenvalue weighted by atomic mass is 16.3. The fraction of sp³-hybridized carbons (Fsp3) is 0.438. The molecular formula is C16H21N3O. The lowest BCUT2D eigenvalue weighted by Crippen LogP contribution is -2.37. The molecule has 0 amide bonds. The van der Waals surface area contributed by atoms with Crippen molar-refractivity contribution in [3.8, 4) is 11.3 Å². The Kier molecular flexibility index (Phi) is 3.85. The van der Waals surface area contributed by atoms with Gasteiger partial charge in [-0.3, -0.25) is 10.00 Å². The Morgan fingerprint density at radius 3 is 3.15 bits per heavy atom. The highest BCUT2D eigenvalue weighted by Crippen LogP contribution is 2.24. The molecule has 1 atom stereocenters. The summed E-state index contributed by atoms with van der Waals surface area (Å²) in [5, 5.41) is 17.1. The minimum absolute atomic E-state index is 0.182. The molecule has 106 valence electrons. The van der Waals surface area contributed by atoms with E-state index >= 15 is 0 Å². The van der Waals surface area contributed by atoms with Gasteiger partial charge >= 0.3 is 0 Å². The zero-order valence-corrected chi connectivity index (χ0v) is 11.8. The van der Waals surface area contributed by atoms with Gasteiger partial charge in [-0.15, -0.1) is 0 Å². The zero-order valence-electron chi connectivity index (χ0n) is 11.8. The quantitative estimate of drug-likeness (QED) is 0.901. The van der Waals surface area contributed by atoms with Gasteiger partial charge in [-0.05, 0) is 32.4 Å². The minimum Gasteiger partial charge on any atom is -0.392 e. The molecule has 1 aliphatic rings. The summed E-state index contributed by atoms with van der Waals surface area (Å²) in [4.78, 5) is 2.30. The van der Waals surface area contributed by atoms with Crippen LogP contribution in [-0.4, -0.2) is 39.4 Å². The van der Waals surface area contributed by atoms with Crippen LogP contribution in [0.5, 0.6) is 0 Å². The van der Waals surface area contributed by atoms with Gasteiger partial charge in [-0.1, -0.05) is 23.8 Å². The molecule has 2 heterocycles. The van der Waals surface area contributed by atoms with Crippen LogP contribution in [0.1, 0.15) is 24.0 Å². The van der Waals surface area contributed by atoms with Crippen LogP contribution < -0.4 is 0 Å². The van der Waals surface area contributed by atoms with E-state index in [1.807, 2.05) is 6.20 Å². The number of aryl methyl sites for hydroxylation is 1. The fourth-order valence-corrected chi connectivity index (χ4v) is 2.90. The molecule has 0 bridgehead atoms. The zero-order chi connectivity index (χ0) is 13.9. The van der Waals surface area contributed by atoms with E-state index in [4.69, 9.17) is 0 Å². The van der Waals surface area contributed by atoms with Gasteiger partial charge < -0.3 is 5.11 Å². The van der Waals surface area contributed by atoms with Crippen molar-refractivity contribution >= 4 is 0 Å². The number of piperidine rings is 1. The summed E-state index contributed by atoms with van der Waals surface area (Å²) in [7, 11) is 0. The standard InChI is InChI=1S/C16H21N3O/c1-12-4-2-5-13(8-12)16-14(9-17-18-16)10-19-7-3-6-15(20)11-19/h2,4-5,8-9,15,20H,3,6-7,10-11H2,1H3,(H,17,18). The number of rotatable bonds is 3. The van der Waals surface area contributed by atoms with Crippen molar-refractivity contribution in [1.29, 1.82) is 0 Å². The molecule has 1 saturated heterocycles. The van der Waals surface area contributed by atoms with E-state index in [9.17, 15) is 5.11 Å². The number of aliphatic hydroxyl groups excluding tert-OH is 1. The SMILES string of the molecule is Cc1cccc(-c2[nH]ncc2CN2CCCC(O)C2)c1. The van der Waals surface area contributed by atoms with E-state index in [2.05, 4.69) is 46.3 Å². The minimum atomic E-state index is -0.182. The molecular weight excluding hydrogens is 250 g/mol. The van der Waals surface area contributed by atoms with E-state index in [0.717, 1.165) is 38.2 Å². The smallest absolute Gasteiger partial charge is 0.0695 e. The number of aromatic amines is 1. The Labute approximate surface area is 119 Å². The molecule has 2 N–H and O–H groups in total. The first-order valence-corrected chi connectivity index (χ1v) is 7.22. The predicted molar refractivity (Wildman–Crippen MR) is 79.3 cm³/mol.